The second-order valence-corrected chi connectivity index (χ2v) is 5.08. The third-order valence-corrected chi connectivity index (χ3v) is 3.41. The highest BCUT2D eigenvalue weighted by Gasteiger charge is 2.01. The van der Waals surface area contributed by atoms with Gasteiger partial charge in [-0.25, -0.2) is 0 Å². The van der Waals surface area contributed by atoms with Gasteiger partial charge < -0.3 is 4.42 Å². The van der Waals surface area contributed by atoms with Gasteiger partial charge in [0.1, 0.15) is 5.76 Å². The van der Waals surface area contributed by atoms with Crippen molar-refractivity contribution < 1.29 is 9.21 Å². The molecule has 0 radical (unpaired) electrons. The number of furan rings is 1. The Labute approximate surface area is 135 Å². The molecule has 0 spiro atoms. The SMILES string of the molecule is O=C(/C=C/c1ccco1)c1ccc(/C=C/c2ccccc2)cc1. The summed E-state index contributed by atoms with van der Waals surface area (Å²) < 4.78 is 5.16. The highest BCUT2D eigenvalue weighted by Crippen LogP contribution is 2.11. The smallest absolute Gasteiger partial charge is 0.185 e. The van der Waals surface area contributed by atoms with Crippen LogP contribution in [0.5, 0.6) is 0 Å². The molecule has 1 heterocycles. The number of carbonyl (C=O) groups is 1. The molecule has 0 aliphatic carbocycles. The van der Waals surface area contributed by atoms with Gasteiger partial charge in [-0.2, -0.15) is 0 Å². The highest BCUT2D eigenvalue weighted by molar-refractivity contribution is 6.06. The lowest BCUT2D eigenvalue weighted by atomic mass is 10.1. The van der Waals surface area contributed by atoms with Crippen LogP contribution < -0.4 is 0 Å². The van der Waals surface area contributed by atoms with E-state index in [9.17, 15) is 4.79 Å². The van der Waals surface area contributed by atoms with Crippen LogP contribution in [0.4, 0.5) is 0 Å². The molecule has 23 heavy (non-hydrogen) atoms. The second-order valence-electron chi connectivity index (χ2n) is 5.08. The third kappa shape index (κ3) is 4.17. The average Bonchev–Trinajstić information content (AvgIpc) is 3.13. The summed E-state index contributed by atoms with van der Waals surface area (Å²) in [4.78, 5) is 12.1. The van der Waals surface area contributed by atoms with Gasteiger partial charge in [-0.05, 0) is 35.4 Å². The number of carbonyl (C=O) groups excluding carboxylic acids is 1. The first-order valence-electron chi connectivity index (χ1n) is 7.40. The molecule has 2 aromatic carbocycles. The molecule has 0 aliphatic heterocycles. The highest BCUT2D eigenvalue weighted by atomic mass is 16.3. The molecule has 3 rings (SSSR count). The Morgan fingerprint density at radius 3 is 2.09 bits per heavy atom. The standard InChI is InChI=1S/C21H16O2/c22-21(15-14-20-7-4-16-23-20)19-12-10-18(11-13-19)9-8-17-5-2-1-3-6-17/h1-16H/b9-8+,15-14+. The maximum Gasteiger partial charge on any atom is 0.185 e. The van der Waals surface area contributed by atoms with Gasteiger partial charge in [-0.3, -0.25) is 4.79 Å². The predicted octanol–water partition coefficient (Wildman–Crippen LogP) is 5.35. The monoisotopic (exact) mass is 300 g/mol. The molecule has 0 aliphatic rings. The average molecular weight is 300 g/mol. The molecule has 0 N–H and O–H groups in total. The molecule has 0 fully saturated rings. The van der Waals surface area contributed by atoms with Gasteiger partial charge in [0.25, 0.3) is 0 Å². The van der Waals surface area contributed by atoms with Crippen molar-refractivity contribution in [2.75, 3.05) is 0 Å². The largest absolute Gasteiger partial charge is 0.465 e. The third-order valence-electron chi connectivity index (χ3n) is 3.41. The van der Waals surface area contributed by atoms with Crippen LogP contribution >= 0.6 is 0 Å². The van der Waals surface area contributed by atoms with E-state index in [1.54, 1.807) is 24.5 Å². The van der Waals surface area contributed by atoms with Crippen molar-refractivity contribution in [1.82, 2.24) is 0 Å². The Bertz CT molecular complexity index is 808. The fourth-order valence-corrected chi connectivity index (χ4v) is 2.16. The molecule has 2 nitrogen and oxygen atoms in total. The summed E-state index contributed by atoms with van der Waals surface area (Å²) in [7, 11) is 0. The van der Waals surface area contributed by atoms with Crippen LogP contribution in [0.3, 0.4) is 0 Å². The topological polar surface area (TPSA) is 30.2 Å². The Hall–Kier alpha value is -3.13. The van der Waals surface area contributed by atoms with E-state index < -0.39 is 0 Å². The summed E-state index contributed by atoms with van der Waals surface area (Å²) in [5.41, 5.74) is 2.86. The van der Waals surface area contributed by atoms with Gasteiger partial charge in [0.15, 0.2) is 5.78 Å². The van der Waals surface area contributed by atoms with Gasteiger partial charge in [-0.15, -0.1) is 0 Å². The van der Waals surface area contributed by atoms with E-state index in [0.717, 1.165) is 11.1 Å². The molecule has 0 atom stereocenters. The molecule has 1 aromatic heterocycles. The Morgan fingerprint density at radius 1 is 0.739 bits per heavy atom. The zero-order valence-corrected chi connectivity index (χ0v) is 12.6. The number of ketones is 1. The fraction of sp³-hybridized carbons (Fsp3) is 0. The van der Waals surface area contributed by atoms with Crippen LogP contribution in [0, 0.1) is 0 Å². The van der Waals surface area contributed by atoms with E-state index in [0.29, 0.717) is 11.3 Å². The molecule has 0 saturated carbocycles. The van der Waals surface area contributed by atoms with Crippen LogP contribution in [0.25, 0.3) is 18.2 Å². The van der Waals surface area contributed by atoms with E-state index in [2.05, 4.69) is 0 Å². The summed E-state index contributed by atoms with van der Waals surface area (Å²) in [6.45, 7) is 0. The van der Waals surface area contributed by atoms with Crippen LogP contribution in [0.15, 0.2) is 83.5 Å². The van der Waals surface area contributed by atoms with Crippen molar-refractivity contribution >= 4 is 24.0 Å². The Kier molecular flexibility index (Phi) is 4.65. The zero-order valence-electron chi connectivity index (χ0n) is 12.6. The quantitative estimate of drug-likeness (QED) is 0.361. The maximum atomic E-state index is 12.1. The molecule has 0 bridgehead atoms. The number of hydrogen-bond acceptors (Lipinski definition) is 2. The van der Waals surface area contributed by atoms with Crippen molar-refractivity contribution in [2.24, 2.45) is 0 Å². The zero-order chi connectivity index (χ0) is 15.9. The van der Waals surface area contributed by atoms with Crippen molar-refractivity contribution in [2.45, 2.75) is 0 Å². The van der Waals surface area contributed by atoms with Crippen LogP contribution in [-0.4, -0.2) is 5.78 Å². The van der Waals surface area contributed by atoms with Gasteiger partial charge in [0.05, 0.1) is 6.26 Å². The van der Waals surface area contributed by atoms with E-state index in [1.807, 2.05) is 66.7 Å². The Balaban J connectivity index is 1.67. The number of rotatable bonds is 5. The predicted molar refractivity (Wildman–Crippen MR) is 93.9 cm³/mol. The lowest BCUT2D eigenvalue weighted by molar-refractivity contribution is 0.104. The summed E-state index contributed by atoms with van der Waals surface area (Å²) >= 11 is 0. The van der Waals surface area contributed by atoms with Gasteiger partial charge in [0, 0.05) is 5.56 Å². The number of hydrogen-bond donors (Lipinski definition) is 0. The van der Waals surface area contributed by atoms with Crippen molar-refractivity contribution in [1.29, 1.82) is 0 Å². The van der Waals surface area contributed by atoms with Crippen LogP contribution in [0.2, 0.25) is 0 Å². The van der Waals surface area contributed by atoms with E-state index in [-0.39, 0.29) is 5.78 Å². The van der Waals surface area contributed by atoms with E-state index in [4.69, 9.17) is 4.42 Å². The normalized spacial score (nSPS) is 11.3. The molecule has 112 valence electrons. The number of allylic oxidation sites excluding steroid dienone is 1. The molecule has 3 aromatic rings. The molecule has 2 heteroatoms. The van der Waals surface area contributed by atoms with Crippen molar-refractivity contribution in [3.8, 4) is 0 Å². The second kappa shape index (κ2) is 7.23. The van der Waals surface area contributed by atoms with E-state index >= 15 is 0 Å². The maximum absolute atomic E-state index is 12.1. The van der Waals surface area contributed by atoms with E-state index in [1.165, 1.54) is 6.08 Å². The van der Waals surface area contributed by atoms with Crippen molar-refractivity contribution in [3.05, 3.63) is 102 Å². The lowest BCUT2D eigenvalue weighted by Crippen LogP contribution is -1.93. The minimum absolute atomic E-state index is 0.0417. The van der Waals surface area contributed by atoms with Crippen molar-refractivity contribution in [3.63, 3.8) is 0 Å². The minimum atomic E-state index is -0.0417. The molecule has 0 unspecified atom stereocenters. The molecule has 0 saturated heterocycles. The van der Waals surface area contributed by atoms with Crippen LogP contribution in [-0.2, 0) is 0 Å². The molecule has 0 amide bonds. The first kappa shape index (κ1) is 14.8. The summed E-state index contributed by atoms with van der Waals surface area (Å²) in [6.07, 6.45) is 8.85. The van der Waals surface area contributed by atoms with Gasteiger partial charge in [0.2, 0.25) is 0 Å². The van der Waals surface area contributed by atoms with Gasteiger partial charge in [-0.1, -0.05) is 66.7 Å². The minimum Gasteiger partial charge on any atom is -0.465 e. The number of benzene rings is 2. The Morgan fingerprint density at radius 2 is 1.43 bits per heavy atom. The summed E-state index contributed by atoms with van der Waals surface area (Å²) in [5.74, 6) is 0.626. The van der Waals surface area contributed by atoms with Crippen LogP contribution in [0.1, 0.15) is 27.2 Å². The molecular weight excluding hydrogens is 284 g/mol. The summed E-state index contributed by atoms with van der Waals surface area (Å²) in [6, 6.07) is 21.2. The fourth-order valence-electron chi connectivity index (χ4n) is 2.16. The molecular formula is C21H16O2. The first-order chi connectivity index (χ1) is 11.3. The lowest BCUT2D eigenvalue weighted by Gasteiger charge is -1.98. The van der Waals surface area contributed by atoms with Gasteiger partial charge >= 0.3 is 0 Å². The summed E-state index contributed by atoms with van der Waals surface area (Å²) in [5, 5.41) is 0. The first-order valence-corrected chi connectivity index (χ1v) is 7.40.